The molecule has 0 saturated carbocycles. The molecule has 2 heterocycles. The number of hydrogen-bond acceptors (Lipinski definition) is 4. The highest BCUT2D eigenvalue weighted by Gasteiger charge is 2.41. The summed E-state index contributed by atoms with van der Waals surface area (Å²) in [4.78, 5) is 2.47. The van der Waals surface area contributed by atoms with E-state index in [0.29, 0.717) is 19.1 Å². The van der Waals surface area contributed by atoms with Gasteiger partial charge in [-0.1, -0.05) is 12.1 Å². The van der Waals surface area contributed by atoms with E-state index in [9.17, 15) is 5.11 Å². The fourth-order valence-corrected chi connectivity index (χ4v) is 3.22. The van der Waals surface area contributed by atoms with Crippen LogP contribution < -0.4 is 4.74 Å². The van der Waals surface area contributed by atoms with Gasteiger partial charge in [-0.25, -0.2) is 0 Å². The zero-order valence-corrected chi connectivity index (χ0v) is 12.0. The molecule has 0 aliphatic carbocycles. The number of hydrogen-bond donors (Lipinski definition) is 1. The summed E-state index contributed by atoms with van der Waals surface area (Å²) >= 11 is 0. The zero-order valence-electron chi connectivity index (χ0n) is 12.0. The van der Waals surface area contributed by atoms with Crippen LogP contribution in [0.1, 0.15) is 17.9 Å². The van der Waals surface area contributed by atoms with E-state index in [1.165, 1.54) is 12.0 Å². The fourth-order valence-electron chi connectivity index (χ4n) is 3.22. The van der Waals surface area contributed by atoms with Gasteiger partial charge < -0.3 is 19.5 Å². The van der Waals surface area contributed by atoms with Gasteiger partial charge in [0.05, 0.1) is 32.3 Å². The van der Waals surface area contributed by atoms with E-state index in [0.717, 1.165) is 25.4 Å². The highest BCUT2D eigenvalue weighted by Crippen LogP contribution is 2.33. The lowest BCUT2D eigenvalue weighted by Gasteiger charge is -2.42. The number of rotatable bonds is 5. The third kappa shape index (κ3) is 2.68. The molecule has 1 N–H and O–H groups in total. The summed E-state index contributed by atoms with van der Waals surface area (Å²) in [7, 11) is 1.70. The second-order valence-electron chi connectivity index (χ2n) is 6.14. The van der Waals surface area contributed by atoms with Crippen LogP contribution in [0.15, 0.2) is 24.3 Å². The van der Waals surface area contributed by atoms with Crippen molar-refractivity contribution in [2.24, 2.45) is 5.41 Å². The first kappa shape index (κ1) is 13.9. The Hall–Kier alpha value is -1.10. The average Bonchev–Trinajstić information content (AvgIpc) is 2.91. The molecular formula is C16H23NO3. The lowest BCUT2D eigenvalue weighted by atomic mass is 9.86. The topological polar surface area (TPSA) is 41.9 Å². The number of likely N-dealkylation sites (tertiary alicyclic amines) is 1. The van der Waals surface area contributed by atoms with Crippen LogP contribution in [0.25, 0.3) is 0 Å². The van der Waals surface area contributed by atoms with Gasteiger partial charge in [-0.2, -0.15) is 0 Å². The lowest BCUT2D eigenvalue weighted by Crippen LogP contribution is -2.52. The lowest BCUT2D eigenvalue weighted by molar-refractivity contribution is -0.146. The smallest absolute Gasteiger partial charge is 0.118 e. The molecule has 0 bridgehead atoms. The maximum Gasteiger partial charge on any atom is 0.118 e. The maximum absolute atomic E-state index is 9.52. The number of methoxy groups -OCH3 is 1. The van der Waals surface area contributed by atoms with E-state index in [2.05, 4.69) is 17.0 Å². The average molecular weight is 277 g/mol. The Morgan fingerprint density at radius 2 is 2.10 bits per heavy atom. The summed E-state index contributed by atoms with van der Waals surface area (Å²) in [5, 5.41) is 9.52. The number of aliphatic hydroxyl groups is 1. The number of aliphatic hydroxyl groups excluding tert-OH is 1. The van der Waals surface area contributed by atoms with E-state index in [-0.39, 0.29) is 12.0 Å². The minimum absolute atomic E-state index is 0.00516. The third-order valence-corrected chi connectivity index (χ3v) is 4.57. The van der Waals surface area contributed by atoms with Gasteiger partial charge in [0.1, 0.15) is 5.75 Å². The maximum atomic E-state index is 9.52. The monoisotopic (exact) mass is 277 g/mol. The molecule has 2 aliphatic heterocycles. The molecule has 2 aliphatic rings. The van der Waals surface area contributed by atoms with Gasteiger partial charge in [0.2, 0.25) is 0 Å². The first-order chi connectivity index (χ1) is 9.74. The third-order valence-electron chi connectivity index (χ3n) is 4.57. The van der Waals surface area contributed by atoms with Crippen molar-refractivity contribution in [3.63, 3.8) is 0 Å². The van der Waals surface area contributed by atoms with Crippen molar-refractivity contribution in [1.82, 2.24) is 4.90 Å². The van der Waals surface area contributed by atoms with Crippen LogP contribution in [0.4, 0.5) is 0 Å². The summed E-state index contributed by atoms with van der Waals surface area (Å²) in [5.41, 5.74) is 1.38. The van der Waals surface area contributed by atoms with Crippen LogP contribution in [0.2, 0.25) is 0 Å². The molecule has 110 valence electrons. The van der Waals surface area contributed by atoms with Crippen molar-refractivity contribution in [2.75, 3.05) is 46.6 Å². The van der Waals surface area contributed by atoms with Crippen LogP contribution in [-0.4, -0.2) is 56.6 Å². The molecule has 1 atom stereocenters. The second kappa shape index (κ2) is 5.72. The van der Waals surface area contributed by atoms with Crippen LogP contribution in [0.5, 0.6) is 5.75 Å². The van der Waals surface area contributed by atoms with Gasteiger partial charge in [-0.15, -0.1) is 0 Å². The molecule has 4 heteroatoms. The minimum atomic E-state index is -0.00516. The van der Waals surface area contributed by atoms with Gasteiger partial charge in [0.15, 0.2) is 0 Å². The van der Waals surface area contributed by atoms with Gasteiger partial charge >= 0.3 is 0 Å². The normalized spacial score (nSPS) is 25.4. The molecule has 1 aromatic rings. The van der Waals surface area contributed by atoms with Crippen LogP contribution in [-0.2, 0) is 4.74 Å². The Balaban J connectivity index is 1.58. The van der Waals surface area contributed by atoms with Crippen molar-refractivity contribution in [3.8, 4) is 5.75 Å². The summed E-state index contributed by atoms with van der Waals surface area (Å²) in [5.74, 6) is 1.51. The first-order valence-electron chi connectivity index (χ1n) is 7.30. The standard InChI is InChI=1S/C16H23NO3/c1-19-15-4-2-13(3-5-15)14-6-7-17(8-14)9-16(10-18)11-20-12-16/h2-5,14,18H,6-12H2,1H3. The van der Waals surface area contributed by atoms with Gasteiger partial charge in [-0.05, 0) is 36.6 Å². The zero-order chi connectivity index (χ0) is 14.0. The van der Waals surface area contributed by atoms with E-state index < -0.39 is 0 Å². The first-order valence-corrected chi connectivity index (χ1v) is 7.30. The predicted molar refractivity (Wildman–Crippen MR) is 77.1 cm³/mol. The van der Waals surface area contributed by atoms with Gasteiger partial charge in [-0.3, -0.25) is 0 Å². The molecule has 2 saturated heterocycles. The van der Waals surface area contributed by atoms with Crippen molar-refractivity contribution in [2.45, 2.75) is 12.3 Å². The molecule has 20 heavy (non-hydrogen) atoms. The Labute approximate surface area is 120 Å². The number of ether oxygens (including phenoxy) is 2. The Kier molecular flexibility index (Phi) is 3.96. The van der Waals surface area contributed by atoms with Crippen molar-refractivity contribution in [1.29, 1.82) is 0 Å². The molecule has 0 aromatic heterocycles. The van der Waals surface area contributed by atoms with Gasteiger partial charge in [0, 0.05) is 13.1 Å². The summed E-state index contributed by atoms with van der Waals surface area (Å²) < 4.78 is 10.5. The van der Waals surface area contributed by atoms with Crippen molar-refractivity contribution in [3.05, 3.63) is 29.8 Å². The van der Waals surface area contributed by atoms with Crippen molar-refractivity contribution >= 4 is 0 Å². The van der Waals surface area contributed by atoms with Gasteiger partial charge in [0.25, 0.3) is 0 Å². The highest BCUT2D eigenvalue weighted by molar-refractivity contribution is 5.30. The molecule has 0 spiro atoms. The SMILES string of the molecule is COc1ccc(C2CCN(CC3(CO)COC3)C2)cc1. The Morgan fingerprint density at radius 1 is 1.35 bits per heavy atom. The fraction of sp³-hybridized carbons (Fsp3) is 0.625. The molecule has 0 radical (unpaired) electrons. The molecule has 0 amide bonds. The quantitative estimate of drug-likeness (QED) is 0.885. The van der Waals surface area contributed by atoms with E-state index in [1.807, 2.05) is 12.1 Å². The molecule has 4 nitrogen and oxygen atoms in total. The Morgan fingerprint density at radius 3 is 2.65 bits per heavy atom. The van der Waals surface area contributed by atoms with Crippen LogP contribution in [0, 0.1) is 5.41 Å². The molecule has 3 rings (SSSR count). The molecule has 1 unspecified atom stereocenters. The largest absolute Gasteiger partial charge is 0.497 e. The van der Waals surface area contributed by atoms with Crippen LogP contribution >= 0.6 is 0 Å². The highest BCUT2D eigenvalue weighted by atomic mass is 16.5. The Bertz CT molecular complexity index is 436. The predicted octanol–water partition coefficient (Wildman–Crippen LogP) is 1.49. The van der Waals surface area contributed by atoms with Crippen molar-refractivity contribution < 1.29 is 14.6 Å². The summed E-state index contributed by atoms with van der Waals surface area (Å²) in [6.45, 7) is 4.78. The van der Waals surface area contributed by atoms with E-state index in [4.69, 9.17) is 9.47 Å². The number of nitrogens with zero attached hydrogens (tertiary/aromatic N) is 1. The summed E-state index contributed by atoms with van der Waals surface area (Å²) in [6.07, 6.45) is 1.19. The minimum Gasteiger partial charge on any atom is -0.497 e. The van der Waals surface area contributed by atoms with E-state index >= 15 is 0 Å². The number of benzene rings is 1. The van der Waals surface area contributed by atoms with E-state index in [1.54, 1.807) is 7.11 Å². The van der Waals surface area contributed by atoms with Crippen LogP contribution in [0.3, 0.4) is 0 Å². The molecule has 1 aromatic carbocycles. The summed E-state index contributed by atoms with van der Waals surface area (Å²) in [6, 6.07) is 8.41. The molecule has 2 fully saturated rings. The molecular weight excluding hydrogens is 254 g/mol. The second-order valence-corrected chi connectivity index (χ2v) is 6.14.